The van der Waals surface area contributed by atoms with Crippen LogP contribution >= 0.6 is 7.82 Å². The first-order chi connectivity index (χ1) is 34.2. The molecule has 398 valence electrons. The van der Waals surface area contributed by atoms with Crippen LogP contribution in [-0.2, 0) is 42.2 Å². The Bertz CT molecular complexity index is 1590. The molecule has 0 aromatic heterocycles. The van der Waals surface area contributed by atoms with Gasteiger partial charge < -0.3 is 24.2 Å². The van der Waals surface area contributed by atoms with Crippen LogP contribution < -0.4 is 0 Å². The van der Waals surface area contributed by atoms with Crippen molar-refractivity contribution in [3.63, 3.8) is 0 Å². The summed E-state index contributed by atoms with van der Waals surface area (Å²) in [6.45, 7) is 4.22. The summed E-state index contributed by atoms with van der Waals surface area (Å²) in [5.41, 5.74) is 0. The van der Waals surface area contributed by atoms with Crippen molar-refractivity contribution in [2.75, 3.05) is 26.4 Å². The number of hydrogen-bond acceptors (Lipinski definition) is 10. The summed E-state index contributed by atoms with van der Waals surface area (Å²) in [4.78, 5) is 48.3. The molecular weight excluding hydrogens is 904 g/mol. The van der Waals surface area contributed by atoms with Crippen molar-refractivity contribution in [2.45, 2.75) is 213 Å². The Morgan fingerprint density at radius 2 is 0.771 bits per heavy atom. The molecule has 0 saturated carbocycles. The van der Waals surface area contributed by atoms with Crippen molar-refractivity contribution in [1.82, 2.24) is 0 Å². The third kappa shape index (κ3) is 49.1. The van der Waals surface area contributed by atoms with Crippen molar-refractivity contribution in [1.29, 1.82) is 0 Å². The van der Waals surface area contributed by atoms with Gasteiger partial charge in [0.05, 0.1) is 19.8 Å². The maximum atomic E-state index is 12.9. The molecule has 0 aromatic rings. The lowest BCUT2D eigenvalue weighted by atomic mass is 10.1. The molecule has 0 spiro atoms. The molecule has 0 saturated heterocycles. The van der Waals surface area contributed by atoms with Crippen LogP contribution in [0.2, 0.25) is 0 Å². The van der Waals surface area contributed by atoms with Gasteiger partial charge in [-0.25, -0.2) is 4.57 Å². The van der Waals surface area contributed by atoms with E-state index in [9.17, 15) is 28.9 Å². The molecule has 0 rings (SSSR count). The molecule has 0 fully saturated rings. The molecule has 70 heavy (non-hydrogen) atoms. The number of carbonyl (C=O) groups excluding carboxylic acids is 3. The zero-order valence-corrected chi connectivity index (χ0v) is 44.6. The predicted molar refractivity (Wildman–Crippen MR) is 288 cm³/mol. The summed E-state index contributed by atoms with van der Waals surface area (Å²) in [5, 5.41) is 9.78. The molecule has 3 unspecified atom stereocenters. The average Bonchev–Trinajstić information content (AvgIpc) is 3.35. The first-order valence-electron chi connectivity index (χ1n) is 26.8. The molecule has 2 N–H and O–H groups in total. The van der Waals surface area contributed by atoms with E-state index in [2.05, 4.69) is 118 Å². The lowest BCUT2D eigenvalue weighted by Gasteiger charge is -2.21. The lowest BCUT2D eigenvalue weighted by molar-refractivity contribution is -0.161. The number of allylic oxidation sites excluding steroid dienone is 18. The fraction of sp³-hybridized carbons (Fsp3) is 0.638. The average molecular weight is 999 g/mol. The van der Waals surface area contributed by atoms with Gasteiger partial charge in [-0.05, 0) is 103 Å². The molecule has 0 aromatic carbocycles. The maximum absolute atomic E-state index is 12.9. The Hall–Kier alpha value is -3.86. The zero-order valence-electron chi connectivity index (χ0n) is 43.7. The first kappa shape index (κ1) is 66.1. The highest BCUT2D eigenvalue weighted by atomic mass is 31.2. The molecule has 0 aliphatic heterocycles. The number of phosphoric ester groups is 1. The quantitative estimate of drug-likeness (QED) is 0.0197. The highest BCUT2D eigenvalue weighted by Gasteiger charge is 2.28. The Morgan fingerprint density at radius 1 is 0.414 bits per heavy atom. The largest absolute Gasteiger partial charge is 0.472 e. The number of rotatable bonds is 48. The van der Waals surface area contributed by atoms with E-state index in [0.717, 1.165) is 141 Å². The van der Waals surface area contributed by atoms with Crippen molar-refractivity contribution < 1.29 is 52.2 Å². The third-order valence-electron chi connectivity index (χ3n) is 10.7. The van der Waals surface area contributed by atoms with Gasteiger partial charge in [0.1, 0.15) is 12.7 Å². The number of unbranched alkanes of at least 4 members (excludes halogenated alkanes) is 13. The van der Waals surface area contributed by atoms with E-state index in [1.54, 1.807) is 0 Å². The Balaban J connectivity index is 4.85. The highest BCUT2D eigenvalue weighted by molar-refractivity contribution is 7.47. The van der Waals surface area contributed by atoms with Crippen molar-refractivity contribution in [3.05, 3.63) is 109 Å². The van der Waals surface area contributed by atoms with Gasteiger partial charge in [0.2, 0.25) is 0 Å². The van der Waals surface area contributed by atoms with Gasteiger partial charge in [-0.1, -0.05) is 188 Å². The first-order valence-corrected chi connectivity index (χ1v) is 28.3. The fourth-order valence-electron chi connectivity index (χ4n) is 6.66. The van der Waals surface area contributed by atoms with Crippen LogP contribution in [-0.4, -0.2) is 66.5 Å². The van der Waals surface area contributed by atoms with E-state index in [-0.39, 0.29) is 25.9 Å². The molecule has 0 amide bonds. The van der Waals surface area contributed by atoms with Gasteiger partial charge in [-0.15, -0.1) is 0 Å². The minimum absolute atomic E-state index is 0.0971. The summed E-state index contributed by atoms with van der Waals surface area (Å²) in [5.74, 6) is -1.60. The van der Waals surface area contributed by atoms with Gasteiger partial charge in [0.25, 0.3) is 0 Å². The van der Waals surface area contributed by atoms with Crippen LogP contribution in [0.1, 0.15) is 201 Å². The number of carbonyl (C=O) groups is 3. The number of aliphatic hydroxyl groups excluding tert-OH is 1. The monoisotopic (exact) mass is 999 g/mol. The van der Waals surface area contributed by atoms with Crippen LogP contribution in [0.4, 0.5) is 0 Å². The second-order valence-electron chi connectivity index (χ2n) is 17.3. The minimum Gasteiger partial charge on any atom is -0.462 e. The molecule has 0 aliphatic rings. The Kier molecular flexibility index (Phi) is 48.7. The Morgan fingerprint density at radius 3 is 1.20 bits per heavy atom. The van der Waals surface area contributed by atoms with E-state index in [1.165, 1.54) is 0 Å². The smallest absolute Gasteiger partial charge is 0.462 e. The van der Waals surface area contributed by atoms with Crippen molar-refractivity contribution in [3.8, 4) is 0 Å². The number of ether oxygens (including phenoxy) is 3. The number of phosphoric acid groups is 1. The van der Waals surface area contributed by atoms with Gasteiger partial charge in [0, 0.05) is 19.3 Å². The van der Waals surface area contributed by atoms with E-state index < -0.39 is 57.8 Å². The Labute approximate surface area is 425 Å². The van der Waals surface area contributed by atoms with Gasteiger partial charge in [-0.3, -0.25) is 23.4 Å². The molecule has 0 aliphatic carbocycles. The van der Waals surface area contributed by atoms with Crippen LogP contribution in [0.5, 0.6) is 0 Å². The van der Waals surface area contributed by atoms with Crippen LogP contribution in [0, 0.1) is 0 Å². The van der Waals surface area contributed by atoms with Crippen molar-refractivity contribution in [2.24, 2.45) is 0 Å². The van der Waals surface area contributed by atoms with Gasteiger partial charge >= 0.3 is 25.7 Å². The molecule has 0 heterocycles. The zero-order chi connectivity index (χ0) is 51.3. The summed E-state index contributed by atoms with van der Waals surface area (Å²) in [6, 6.07) is 0. The molecule has 11 nitrogen and oxygen atoms in total. The summed E-state index contributed by atoms with van der Waals surface area (Å²) >= 11 is 0. The van der Waals surface area contributed by atoms with Crippen LogP contribution in [0.3, 0.4) is 0 Å². The molecule has 12 heteroatoms. The van der Waals surface area contributed by atoms with E-state index in [1.807, 2.05) is 12.2 Å². The van der Waals surface area contributed by atoms with E-state index in [4.69, 9.17) is 23.3 Å². The second-order valence-corrected chi connectivity index (χ2v) is 18.7. The SMILES string of the molecule is CC/C=C\C/C=C\C/C=C\C/C=C\CCC(=O)OCC(COP(=O)(O)OCC(CO)OC(=O)CCCCCCC/C=C\C/C=C\CCC)OC(=O)CCCCCCCCC/C=C\C/C=C\C/C=C\CC. The lowest BCUT2D eigenvalue weighted by Crippen LogP contribution is -2.30. The number of esters is 3. The van der Waals surface area contributed by atoms with E-state index in [0.29, 0.717) is 19.3 Å². The summed E-state index contributed by atoms with van der Waals surface area (Å²) in [6.07, 6.45) is 60.7. The predicted octanol–water partition coefficient (Wildman–Crippen LogP) is 15.5. The molecule has 0 bridgehead atoms. The normalized spacial score (nSPS) is 14.3. The van der Waals surface area contributed by atoms with Gasteiger partial charge in [-0.2, -0.15) is 0 Å². The number of aliphatic hydroxyl groups is 1. The summed E-state index contributed by atoms with van der Waals surface area (Å²) < 4.78 is 39.3. The topological polar surface area (TPSA) is 155 Å². The maximum Gasteiger partial charge on any atom is 0.472 e. The molecule has 3 atom stereocenters. The number of hydrogen-bond donors (Lipinski definition) is 2. The fourth-order valence-corrected chi connectivity index (χ4v) is 7.44. The minimum atomic E-state index is -4.77. The van der Waals surface area contributed by atoms with Crippen LogP contribution in [0.25, 0.3) is 0 Å². The van der Waals surface area contributed by atoms with Crippen molar-refractivity contribution >= 4 is 25.7 Å². The highest BCUT2D eigenvalue weighted by Crippen LogP contribution is 2.43. The van der Waals surface area contributed by atoms with E-state index >= 15 is 0 Å². The molecular formula is C58H95O11P. The van der Waals surface area contributed by atoms with Gasteiger partial charge in [0.15, 0.2) is 6.10 Å². The second kappa shape index (κ2) is 51.5. The molecule has 0 radical (unpaired) electrons. The summed E-state index contributed by atoms with van der Waals surface area (Å²) in [7, 11) is -4.77. The third-order valence-corrected chi connectivity index (χ3v) is 11.6. The van der Waals surface area contributed by atoms with Crippen LogP contribution in [0.15, 0.2) is 109 Å². The standard InChI is InChI=1S/C58H95O11P/c1-4-7-10-13-16-19-22-25-26-27-28-31-34-37-40-43-46-49-58(62)69-55(51-65-56(60)47-44-41-38-35-32-29-23-20-17-14-11-8-5-2)53-67-70(63,64)66-52-54(50-59)68-57(61)48-45-42-39-36-33-30-24-21-18-15-12-9-6-3/h7-8,10-12,15-17,19-21,24-26,29,32,38,41,54-55,59H,4-6,9,13-14,18,22-23,27-28,30-31,33-37,39-40,42-53H2,1-3H3,(H,63,64)/b10-7-,11-8-,15-12-,19-16-,20-17-,24-21-,26-25-,32-29-,41-38-.